The van der Waals surface area contributed by atoms with Gasteiger partial charge in [0.1, 0.15) is 6.04 Å². The van der Waals surface area contributed by atoms with Gasteiger partial charge in [0, 0.05) is 27.5 Å². The van der Waals surface area contributed by atoms with E-state index in [1.807, 2.05) is 0 Å². The Bertz CT molecular complexity index is 762. The predicted molar refractivity (Wildman–Crippen MR) is 96.7 cm³/mol. The standard InChI is InChI=1S/C18H22N4O5/c1-21-10-12(16(23)19-9-13(26-2)27-3)14-15(21)17(24)22(18(25)20-14)11-7-5-4-6-8-11/h4-8,10,13-15H,9H2,1-3H3,(H,19,23)(H,20,25). The zero-order chi connectivity index (χ0) is 19.6. The largest absolute Gasteiger partial charge is 0.366 e. The molecule has 1 saturated heterocycles. The number of benzene rings is 1. The van der Waals surface area contributed by atoms with Crippen molar-refractivity contribution in [2.45, 2.75) is 18.4 Å². The van der Waals surface area contributed by atoms with E-state index >= 15 is 0 Å². The molecular formula is C18H22N4O5. The summed E-state index contributed by atoms with van der Waals surface area (Å²) in [7, 11) is 4.64. The second-order valence-electron chi connectivity index (χ2n) is 6.24. The van der Waals surface area contributed by atoms with E-state index in [0.29, 0.717) is 11.3 Å². The third-order valence-corrected chi connectivity index (χ3v) is 4.62. The molecule has 0 bridgehead atoms. The first-order chi connectivity index (χ1) is 13.0. The van der Waals surface area contributed by atoms with Crippen LogP contribution in [0.4, 0.5) is 10.5 Å². The van der Waals surface area contributed by atoms with Crippen LogP contribution in [0.3, 0.4) is 0 Å². The van der Waals surface area contributed by atoms with Crippen LogP contribution in [0.15, 0.2) is 42.1 Å². The number of carbonyl (C=O) groups is 3. The first kappa shape index (κ1) is 18.9. The van der Waals surface area contributed by atoms with Crippen molar-refractivity contribution in [1.29, 1.82) is 0 Å². The number of ether oxygens (including phenoxy) is 2. The van der Waals surface area contributed by atoms with Gasteiger partial charge in [-0.15, -0.1) is 0 Å². The van der Waals surface area contributed by atoms with Crippen molar-refractivity contribution in [2.75, 3.05) is 32.7 Å². The number of hydrogen-bond acceptors (Lipinski definition) is 6. The monoisotopic (exact) mass is 374 g/mol. The van der Waals surface area contributed by atoms with Gasteiger partial charge >= 0.3 is 6.03 Å². The Morgan fingerprint density at radius 2 is 1.89 bits per heavy atom. The molecule has 0 aliphatic carbocycles. The molecule has 0 radical (unpaired) electrons. The number of anilines is 1. The minimum atomic E-state index is -0.724. The van der Waals surface area contributed by atoms with Gasteiger partial charge in [-0.25, -0.2) is 9.69 Å². The molecule has 1 aromatic carbocycles. The van der Waals surface area contributed by atoms with E-state index in [1.54, 1.807) is 48.5 Å². The maximum atomic E-state index is 13.0. The van der Waals surface area contributed by atoms with Crippen molar-refractivity contribution in [1.82, 2.24) is 15.5 Å². The molecule has 0 aromatic heterocycles. The molecule has 0 spiro atoms. The number of methoxy groups -OCH3 is 2. The number of fused-ring (bicyclic) bond motifs is 1. The second-order valence-corrected chi connectivity index (χ2v) is 6.24. The molecule has 2 atom stereocenters. The van der Waals surface area contributed by atoms with E-state index in [9.17, 15) is 14.4 Å². The van der Waals surface area contributed by atoms with Crippen molar-refractivity contribution in [3.05, 3.63) is 42.1 Å². The lowest BCUT2D eigenvalue weighted by Crippen LogP contribution is -2.65. The number of likely N-dealkylation sites (N-methyl/N-ethyl adjacent to an activating group) is 1. The van der Waals surface area contributed by atoms with Crippen LogP contribution in [-0.2, 0) is 19.1 Å². The van der Waals surface area contributed by atoms with Crippen LogP contribution in [0, 0.1) is 0 Å². The summed E-state index contributed by atoms with van der Waals surface area (Å²) in [4.78, 5) is 40.8. The maximum absolute atomic E-state index is 13.0. The lowest BCUT2D eigenvalue weighted by atomic mass is 9.99. The van der Waals surface area contributed by atoms with Gasteiger partial charge in [0.05, 0.1) is 23.8 Å². The molecule has 4 amide bonds. The third-order valence-electron chi connectivity index (χ3n) is 4.62. The summed E-state index contributed by atoms with van der Waals surface area (Å²) in [6, 6.07) is 6.69. The summed E-state index contributed by atoms with van der Waals surface area (Å²) in [6.45, 7) is 0.141. The number of urea groups is 1. The Hall–Kier alpha value is -2.91. The van der Waals surface area contributed by atoms with Crippen LogP contribution in [0.1, 0.15) is 0 Å². The number of para-hydroxylation sites is 1. The number of rotatable bonds is 6. The van der Waals surface area contributed by atoms with Crippen LogP contribution in [0.5, 0.6) is 0 Å². The molecule has 2 N–H and O–H groups in total. The Balaban J connectivity index is 1.77. The maximum Gasteiger partial charge on any atom is 0.329 e. The molecule has 2 aliphatic heterocycles. The predicted octanol–water partition coefficient (Wildman–Crippen LogP) is 0.0444. The van der Waals surface area contributed by atoms with Gasteiger partial charge in [0.25, 0.3) is 11.8 Å². The number of carbonyl (C=O) groups excluding carboxylic acids is 3. The zero-order valence-corrected chi connectivity index (χ0v) is 15.3. The SMILES string of the molecule is COC(CNC(=O)C1=CN(C)C2C(=O)N(c3ccccc3)C(=O)NC12)OC. The van der Waals surface area contributed by atoms with Crippen molar-refractivity contribution in [3.8, 4) is 0 Å². The van der Waals surface area contributed by atoms with E-state index < -0.39 is 30.3 Å². The smallest absolute Gasteiger partial charge is 0.329 e. The molecule has 1 aromatic rings. The summed E-state index contributed by atoms with van der Waals surface area (Å²) in [5.41, 5.74) is 0.788. The molecule has 3 rings (SSSR count). The highest BCUT2D eigenvalue weighted by molar-refractivity contribution is 6.19. The van der Waals surface area contributed by atoms with Gasteiger partial charge in [-0.3, -0.25) is 9.59 Å². The van der Waals surface area contributed by atoms with Crippen molar-refractivity contribution >= 4 is 23.5 Å². The Labute approximate surface area is 156 Å². The van der Waals surface area contributed by atoms with Crippen molar-refractivity contribution < 1.29 is 23.9 Å². The highest BCUT2D eigenvalue weighted by atomic mass is 16.7. The van der Waals surface area contributed by atoms with E-state index in [-0.39, 0.29) is 12.5 Å². The Morgan fingerprint density at radius 3 is 2.52 bits per heavy atom. The molecule has 1 fully saturated rings. The number of nitrogens with zero attached hydrogens (tertiary/aromatic N) is 2. The average Bonchev–Trinajstić information content (AvgIpc) is 2.99. The molecule has 27 heavy (non-hydrogen) atoms. The summed E-state index contributed by atoms with van der Waals surface area (Å²) in [5, 5.41) is 5.46. The average molecular weight is 374 g/mol. The first-order valence-corrected chi connectivity index (χ1v) is 8.45. The third kappa shape index (κ3) is 3.51. The first-order valence-electron chi connectivity index (χ1n) is 8.45. The molecule has 144 valence electrons. The second kappa shape index (κ2) is 7.77. The molecule has 9 nitrogen and oxygen atoms in total. The van der Waals surface area contributed by atoms with Gasteiger partial charge in [-0.05, 0) is 12.1 Å². The van der Waals surface area contributed by atoms with E-state index in [4.69, 9.17) is 9.47 Å². The lowest BCUT2D eigenvalue weighted by molar-refractivity contribution is -0.124. The van der Waals surface area contributed by atoms with Gasteiger partial charge in [-0.1, -0.05) is 18.2 Å². The fraction of sp³-hybridized carbons (Fsp3) is 0.389. The summed E-state index contributed by atoms with van der Waals surface area (Å²) < 4.78 is 10.1. The van der Waals surface area contributed by atoms with Gasteiger partial charge in [0.15, 0.2) is 6.29 Å². The van der Waals surface area contributed by atoms with Gasteiger partial charge in [0.2, 0.25) is 0 Å². The van der Waals surface area contributed by atoms with E-state index in [0.717, 1.165) is 4.90 Å². The molecular weight excluding hydrogens is 352 g/mol. The summed E-state index contributed by atoms with van der Waals surface area (Å²) in [6.07, 6.45) is 0.993. The molecule has 0 saturated carbocycles. The number of hydrogen-bond donors (Lipinski definition) is 2. The normalized spacial score (nSPS) is 21.9. The molecule has 2 heterocycles. The molecule has 2 aliphatic rings. The molecule has 2 unspecified atom stereocenters. The van der Waals surface area contributed by atoms with E-state index in [1.165, 1.54) is 14.2 Å². The fourth-order valence-electron chi connectivity index (χ4n) is 3.25. The fourth-order valence-corrected chi connectivity index (χ4v) is 3.25. The topological polar surface area (TPSA) is 100 Å². The van der Waals surface area contributed by atoms with Crippen molar-refractivity contribution in [2.24, 2.45) is 0 Å². The lowest BCUT2D eigenvalue weighted by Gasteiger charge is -2.37. The van der Waals surface area contributed by atoms with Crippen LogP contribution in [-0.4, -0.2) is 68.9 Å². The summed E-state index contributed by atoms with van der Waals surface area (Å²) >= 11 is 0. The highest BCUT2D eigenvalue weighted by Crippen LogP contribution is 2.29. The van der Waals surface area contributed by atoms with Crippen LogP contribution in [0.25, 0.3) is 0 Å². The summed E-state index contributed by atoms with van der Waals surface area (Å²) in [5.74, 6) is -0.780. The van der Waals surface area contributed by atoms with Gasteiger partial charge in [-0.2, -0.15) is 0 Å². The minimum Gasteiger partial charge on any atom is -0.366 e. The Kier molecular flexibility index (Phi) is 5.43. The van der Waals surface area contributed by atoms with Gasteiger partial charge < -0.3 is 25.0 Å². The van der Waals surface area contributed by atoms with Crippen LogP contribution >= 0.6 is 0 Å². The molecule has 9 heteroatoms. The Morgan fingerprint density at radius 1 is 1.22 bits per heavy atom. The van der Waals surface area contributed by atoms with E-state index in [2.05, 4.69) is 10.6 Å². The van der Waals surface area contributed by atoms with Crippen LogP contribution < -0.4 is 15.5 Å². The minimum absolute atomic E-state index is 0.141. The zero-order valence-electron chi connectivity index (χ0n) is 15.3. The number of amides is 4. The number of nitrogens with one attached hydrogen (secondary N) is 2. The van der Waals surface area contributed by atoms with Crippen molar-refractivity contribution in [3.63, 3.8) is 0 Å². The highest BCUT2D eigenvalue weighted by Gasteiger charge is 2.49. The quantitative estimate of drug-likeness (QED) is 0.683. The van der Waals surface area contributed by atoms with Crippen LogP contribution in [0.2, 0.25) is 0 Å². The number of imide groups is 1.